The number of aromatic nitrogens is 1. The Morgan fingerprint density at radius 3 is 3.07 bits per heavy atom. The Hall–Kier alpha value is -1.74. The molecule has 1 heterocycles. The monoisotopic (exact) mass is 202 g/mol. The van der Waals surface area contributed by atoms with Crippen molar-refractivity contribution in [1.82, 2.24) is 4.57 Å². The SMILES string of the molecule is C=CCOCn1ccc2c(N)cccc21. The number of nitrogen functional groups attached to an aromatic ring is 1. The molecule has 1 aromatic heterocycles. The number of hydrogen-bond acceptors (Lipinski definition) is 2. The van der Waals surface area contributed by atoms with Gasteiger partial charge in [-0.05, 0) is 18.2 Å². The molecule has 2 rings (SSSR count). The second-order valence-corrected chi connectivity index (χ2v) is 3.35. The summed E-state index contributed by atoms with van der Waals surface area (Å²) < 4.78 is 7.40. The van der Waals surface area contributed by atoms with Gasteiger partial charge in [0.15, 0.2) is 0 Å². The lowest BCUT2D eigenvalue weighted by Gasteiger charge is -2.05. The van der Waals surface area contributed by atoms with Crippen LogP contribution < -0.4 is 5.73 Å². The maximum absolute atomic E-state index is 5.85. The van der Waals surface area contributed by atoms with Gasteiger partial charge in [0, 0.05) is 17.3 Å². The molecule has 0 atom stereocenters. The lowest BCUT2D eigenvalue weighted by atomic mass is 10.2. The highest BCUT2D eigenvalue weighted by Crippen LogP contribution is 2.21. The van der Waals surface area contributed by atoms with Gasteiger partial charge in [-0.15, -0.1) is 6.58 Å². The van der Waals surface area contributed by atoms with Gasteiger partial charge in [-0.1, -0.05) is 12.1 Å². The van der Waals surface area contributed by atoms with Crippen LogP contribution in [0.15, 0.2) is 43.1 Å². The van der Waals surface area contributed by atoms with E-state index in [2.05, 4.69) is 6.58 Å². The highest BCUT2D eigenvalue weighted by Gasteiger charge is 2.02. The van der Waals surface area contributed by atoms with Crippen LogP contribution in [0.4, 0.5) is 5.69 Å². The summed E-state index contributed by atoms with van der Waals surface area (Å²) in [5, 5.41) is 1.07. The van der Waals surface area contributed by atoms with Crippen molar-refractivity contribution < 1.29 is 4.74 Å². The summed E-state index contributed by atoms with van der Waals surface area (Å²) in [6, 6.07) is 7.88. The Morgan fingerprint density at radius 2 is 2.27 bits per heavy atom. The summed E-state index contributed by atoms with van der Waals surface area (Å²) in [7, 11) is 0. The van der Waals surface area contributed by atoms with E-state index in [-0.39, 0.29) is 0 Å². The van der Waals surface area contributed by atoms with Gasteiger partial charge < -0.3 is 15.0 Å². The van der Waals surface area contributed by atoms with Gasteiger partial charge in [0.2, 0.25) is 0 Å². The molecule has 1 aromatic carbocycles. The Kier molecular flexibility index (Phi) is 2.74. The molecule has 2 N–H and O–H groups in total. The summed E-state index contributed by atoms with van der Waals surface area (Å²) >= 11 is 0. The van der Waals surface area contributed by atoms with Crippen LogP contribution in [0.25, 0.3) is 10.9 Å². The van der Waals surface area contributed by atoms with Crippen LogP contribution in [-0.2, 0) is 11.5 Å². The van der Waals surface area contributed by atoms with Crippen molar-refractivity contribution in [3.05, 3.63) is 43.1 Å². The van der Waals surface area contributed by atoms with Crippen LogP contribution in [0.3, 0.4) is 0 Å². The van der Waals surface area contributed by atoms with E-state index in [9.17, 15) is 0 Å². The molecule has 0 saturated carbocycles. The molecule has 0 fully saturated rings. The van der Waals surface area contributed by atoms with Gasteiger partial charge in [-0.3, -0.25) is 0 Å². The fraction of sp³-hybridized carbons (Fsp3) is 0.167. The van der Waals surface area contributed by atoms with Gasteiger partial charge in [0.25, 0.3) is 0 Å². The molecule has 0 bridgehead atoms. The number of hydrogen-bond donors (Lipinski definition) is 1. The zero-order valence-electron chi connectivity index (χ0n) is 8.52. The van der Waals surface area contributed by atoms with E-state index in [1.165, 1.54) is 0 Å². The van der Waals surface area contributed by atoms with Crippen LogP contribution in [0.2, 0.25) is 0 Å². The summed E-state index contributed by atoms with van der Waals surface area (Å²) in [4.78, 5) is 0. The standard InChI is InChI=1S/C12H14N2O/c1-2-8-15-9-14-7-6-10-11(13)4-3-5-12(10)14/h2-7H,1,8-9,13H2. The molecule has 3 nitrogen and oxygen atoms in total. The van der Waals surface area contributed by atoms with Gasteiger partial charge in [-0.25, -0.2) is 0 Å². The van der Waals surface area contributed by atoms with E-state index < -0.39 is 0 Å². The van der Waals surface area contributed by atoms with Crippen LogP contribution in [0, 0.1) is 0 Å². The van der Waals surface area contributed by atoms with E-state index in [1.807, 2.05) is 35.0 Å². The van der Waals surface area contributed by atoms with Gasteiger partial charge in [-0.2, -0.15) is 0 Å². The molecule has 0 radical (unpaired) electrons. The Balaban J connectivity index is 2.28. The van der Waals surface area contributed by atoms with Crippen LogP contribution >= 0.6 is 0 Å². The first-order chi connectivity index (χ1) is 7.33. The minimum atomic E-state index is 0.527. The molecular formula is C12H14N2O. The molecule has 0 saturated heterocycles. The highest BCUT2D eigenvalue weighted by atomic mass is 16.5. The molecule has 0 aliphatic rings. The first-order valence-electron chi connectivity index (χ1n) is 4.85. The Labute approximate surface area is 88.8 Å². The van der Waals surface area contributed by atoms with Gasteiger partial charge in [0.05, 0.1) is 12.1 Å². The number of ether oxygens (including phenoxy) is 1. The number of nitrogens with two attached hydrogens (primary N) is 1. The number of nitrogens with zero attached hydrogens (tertiary/aromatic N) is 1. The minimum Gasteiger partial charge on any atom is -0.398 e. The van der Waals surface area contributed by atoms with Gasteiger partial charge in [0.1, 0.15) is 6.73 Å². The van der Waals surface area contributed by atoms with Crippen molar-refractivity contribution in [2.75, 3.05) is 12.3 Å². The van der Waals surface area contributed by atoms with Crippen LogP contribution in [-0.4, -0.2) is 11.2 Å². The normalized spacial score (nSPS) is 10.7. The number of benzene rings is 1. The molecule has 15 heavy (non-hydrogen) atoms. The lowest BCUT2D eigenvalue weighted by Crippen LogP contribution is -2.00. The summed E-state index contributed by atoms with van der Waals surface area (Å²) in [6.07, 6.45) is 3.71. The third-order valence-electron chi connectivity index (χ3n) is 2.31. The van der Waals surface area contributed by atoms with Crippen molar-refractivity contribution in [2.24, 2.45) is 0 Å². The third-order valence-corrected chi connectivity index (χ3v) is 2.31. The van der Waals surface area contributed by atoms with Crippen molar-refractivity contribution >= 4 is 16.6 Å². The topological polar surface area (TPSA) is 40.2 Å². The largest absolute Gasteiger partial charge is 0.398 e. The van der Waals surface area contributed by atoms with E-state index >= 15 is 0 Å². The van der Waals surface area contributed by atoms with Crippen molar-refractivity contribution in [3.63, 3.8) is 0 Å². The quantitative estimate of drug-likeness (QED) is 0.470. The molecule has 0 unspecified atom stereocenters. The molecule has 78 valence electrons. The fourth-order valence-electron chi connectivity index (χ4n) is 1.59. The Morgan fingerprint density at radius 1 is 1.40 bits per heavy atom. The van der Waals surface area contributed by atoms with Crippen molar-refractivity contribution in [2.45, 2.75) is 6.73 Å². The van der Waals surface area contributed by atoms with E-state index in [1.54, 1.807) is 6.08 Å². The molecule has 0 amide bonds. The maximum atomic E-state index is 5.85. The van der Waals surface area contributed by atoms with E-state index in [4.69, 9.17) is 10.5 Å². The summed E-state index contributed by atoms with van der Waals surface area (Å²) in [5.74, 6) is 0. The molecule has 0 aliphatic heterocycles. The highest BCUT2D eigenvalue weighted by molar-refractivity contribution is 5.91. The number of rotatable bonds is 4. The number of anilines is 1. The summed E-state index contributed by atoms with van der Waals surface area (Å²) in [6.45, 7) is 4.69. The first kappa shape index (κ1) is 9.80. The maximum Gasteiger partial charge on any atom is 0.123 e. The average molecular weight is 202 g/mol. The number of fused-ring (bicyclic) bond motifs is 1. The fourth-order valence-corrected chi connectivity index (χ4v) is 1.59. The average Bonchev–Trinajstić information content (AvgIpc) is 2.64. The van der Waals surface area contributed by atoms with Crippen LogP contribution in [0.5, 0.6) is 0 Å². The molecule has 3 heteroatoms. The second-order valence-electron chi connectivity index (χ2n) is 3.35. The first-order valence-corrected chi connectivity index (χ1v) is 4.85. The summed E-state index contributed by atoms with van der Waals surface area (Å²) in [5.41, 5.74) is 7.75. The molecule has 2 aromatic rings. The smallest absolute Gasteiger partial charge is 0.123 e. The van der Waals surface area contributed by atoms with Crippen molar-refractivity contribution in [3.8, 4) is 0 Å². The zero-order valence-corrected chi connectivity index (χ0v) is 8.52. The Bertz CT molecular complexity index is 473. The minimum absolute atomic E-state index is 0.527. The third kappa shape index (κ3) is 1.87. The molecule has 0 spiro atoms. The van der Waals surface area contributed by atoms with E-state index in [0.29, 0.717) is 13.3 Å². The molecule has 0 aliphatic carbocycles. The van der Waals surface area contributed by atoms with Gasteiger partial charge >= 0.3 is 0 Å². The second kappa shape index (κ2) is 4.19. The predicted octanol–water partition coefficient (Wildman–Crippen LogP) is 2.38. The van der Waals surface area contributed by atoms with Crippen LogP contribution in [0.1, 0.15) is 0 Å². The zero-order chi connectivity index (χ0) is 10.7. The van der Waals surface area contributed by atoms with E-state index in [0.717, 1.165) is 16.6 Å². The van der Waals surface area contributed by atoms with Crippen molar-refractivity contribution in [1.29, 1.82) is 0 Å². The molecular weight excluding hydrogens is 188 g/mol. The predicted molar refractivity (Wildman–Crippen MR) is 62.5 cm³/mol. The lowest BCUT2D eigenvalue weighted by molar-refractivity contribution is 0.104.